The number of benzene rings is 1. The van der Waals surface area contributed by atoms with Gasteiger partial charge < -0.3 is 5.32 Å². The number of hydrogen-bond acceptors (Lipinski definition) is 4. The maximum atomic E-state index is 4.70. The topological polar surface area (TPSA) is 28.2 Å². The van der Waals surface area contributed by atoms with E-state index in [9.17, 15) is 0 Å². The Balaban J connectivity index is 1.69. The quantitative estimate of drug-likeness (QED) is 0.941. The Morgan fingerprint density at radius 3 is 2.81 bits per heavy atom. The van der Waals surface area contributed by atoms with Gasteiger partial charge >= 0.3 is 0 Å². The molecule has 0 spiro atoms. The first-order valence-corrected chi connectivity index (χ1v) is 8.45. The molecular formula is C17H23N3S. The Bertz CT molecular complexity index is 559. The van der Waals surface area contributed by atoms with E-state index in [1.165, 1.54) is 21.1 Å². The summed E-state index contributed by atoms with van der Waals surface area (Å²) in [7, 11) is 0. The Labute approximate surface area is 131 Å². The van der Waals surface area contributed by atoms with Crippen LogP contribution in [0.25, 0.3) is 0 Å². The Kier molecular flexibility index (Phi) is 4.68. The van der Waals surface area contributed by atoms with E-state index in [1.807, 2.05) is 11.3 Å². The molecule has 3 nitrogen and oxygen atoms in total. The van der Waals surface area contributed by atoms with Gasteiger partial charge in [-0.15, -0.1) is 11.3 Å². The van der Waals surface area contributed by atoms with Crippen LogP contribution in [0.1, 0.15) is 21.1 Å². The van der Waals surface area contributed by atoms with Gasteiger partial charge in [0.1, 0.15) is 5.01 Å². The van der Waals surface area contributed by atoms with E-state index in [4.69, 9.17) is 4.98 Å². The van der Waals surface area contributed by atoms with Crippen molar-refractivity contribution < 1.29 is 0 Å². The molecule has 2 heterocycles. The molecule has 1 aromatic heterocycles. The van der Waals surface area contributed by atoms with Gasteiger partial charge in [-0.25, -0.2) is 4.98 Å². The summed E-state index contributed by atoms with van der Waals surface area (Å²) in [6, 6.07) is 11.4. The minimum Gasteiger partial charge on any atom is -0.314 e. The molecule has 112 valence electrons. The first kappa shape index (κ1) is 14.7. The zero-order chi connectivity index (χ0) is 14.7. The number of hydrogen-bond donors (Lipinski definition) is 1. The van der Waals surface area contributed by atoms with Crippen molar-refractivity contribution in [2.75, 3.05) is 19.6 Å². The average molecular weight is 301 g/mol. The molecule has 0 saturated carbocycles. The van der Waals surface area contributed by atoms with Crippen LogP contribution >= 0.6 is 11.3 Å². The van der Waals surface area contributed by atoms with Gasteiger partial charge in [0.15, 0.2) is 0 Å². The van der Waals surface area contributed by atoms with Crippen molar-refractivity contribution in [3.63, 3.8) is 0 Å². The van der Waals surface area contributed by atoms with Gasteiger partial charge in [0.05, 0.1) is 12.2 Å². The summed E-state index contributed by atoms with van der Waals surface area (Å²) in [4.78, 5) is 8.63. The Morgan fingerprint density at radius 1 is 1.29 bits per heavy atom. The molecule has 1 atom stereocenters. The molecule has 21 heavy (non-hydrogen) atoms. The summed E-state index contributed by atoms with van der Waals surface area (Å²) in [5.41, 5.74) is 2.60. The van der Waals surface area contributed by atoms with E-state index in [-0.39, 0.29) is 0 Å². The van der Waals surface area contributed by atoms with Gasteiger partial charge in [0, 0.05) is 30.6 Å². The molecule has 1 aliphatic heterocycles. The SMILES string of the molecule is Cc1nc(CN2CCNCC2Cc2ccccc2)sc1C. The minimum atomic E-state index is 0.561. The summed E-state index contributed by atoms with van der Waals surface area (Å²) in [6.45, 7) is 8.50. The fourth-order valence-electron chi connectivity index (χ4n) is 2.88. The zero-order valence-electron chi connectivity index (χ0n) is 12.8. The molecule has 1 fully saturated rings. The molecule has 1 N–H and O–H groups in total. The van der Waals surface area contributed by atoms with Crippen molar-refractivity contribution in [3.05, 3.63) is 51.5 Å². The highest BCUT2D eigenvalue weighted by Crippen LogP contribution is 2.20. The summed E-state index contributed by atoms with van der Waals surface area (Å²) in [5, 5.41) is 4.78. The molecule has 0 aliphatic carbocycles. The molecule has 1 aliphatic rings. The smallest absolute Gasteiger partial charge is 0.107 e. The summed E-state index contributed by atoms with van der Waals surface area (Å²) in [5.74, 6) is 0. The number of thiazole rings is 1. The highest BCUT2D eigenvalue weighted by molar-refractivity contribution is 7.11. The van der Waals surface area contributed by atoms with Crippen molar-refractivity contribution in [1.82, 2.24) is 15.2 Å². The van der Waals surface area contributed by atoms with Gasteiger partial charge in [-0.3, -0.25) is 4.90 Å². The monoisotopic (exact) mass is 301 g/mol. The second kappa shape index (κ2) is 6.69. The molecule has 0 amide bonds. The molecule has 1 aromatic carbocycles. The first-order valence-electron chi connectivity index (χ1n) is 7.64. The lowest BCUT2D eigenvalue weighted by atomic mass is 10.0. The van der Waals surface area contributed by atoms with Crippen molar-refractivity contribution in [2.24, 2.45) is 0 Å². The van der Waals surface area contributed by atoms with E-state index in [0.29, 0.717) is 6.04 Å². The third-order valence-electron chi connectivity index (χ3n) is 4.20. The van der Waals surface area contributed by atoms with E-state index < -0.39 is 0 Å². The Hall–Kier alpha value is -1.23. The first-order chi connectivity index (χ1) is 10.2. The van der Waals surface area contributed by atoms with Crippen LogP contribution in [-0.2, 0) is 13.0 Å². The molecule has 4 heteroatoms. The summed E-state index contributed by atoms with van der Waals surface area (Å²) >= 11 is 1.84. The lowest BCUT2D eigenvalue weighted by Crippen LogP contribution is -2.51. The standard InChI is InChI=1S/C17H23N3S/c1-13-14(2)21-17(19-13)12-20-9-8-18-11-16(20)10-15-6-4-3-5-7-15/h3-7,16,18H,8-12H2,1-2H3. The van der Waals surface area contributed by atoms with Gasteiger partial charge in [-0.1, -0.05) is 30.3 Å². The normalized spacial score (nSPS) is 19.8. The number of nitrogens with one attached hydrogen (secondary N) is 1. The third kappa shape index (κ3) is 3.70. The van der Waals surface area contributed by atoms with Crippen molar-refractivity contribution in [1.29, 1.82) is 0 Å². The van der Waals surface area contributed by atoms with Gasteiger partial charge in [-0.2, -0.15) is 0 Å². The molecule has 0 bridgehead atoms. The molecule has 0 radical (unpaired) electrons. The average Bonchev–Trinajstić information content (AvgIpc) is 2.80. The van der Waals surface area contributed by atoms with Crippen LogP contribution in [0.15, 0.2) is 30.3 Å². The second-order valence-corrected chi connectivity index (χ2v) is 7.06. The fraction of sp³-hybridized carbons (Fsp3) is 0.471. The molecule has 3 rings (SSSR count). The van der Waals surface area contributed by atoms with Gasteiger partial charge in [-0.05, 0) is 25.8 Å². The number of aromatic nitrogens is 1. The van der Waals surface area contributed by atoms with Crippen molar-refractivity contribution >= 4 is 11.3 Å². The predicted molar refractivity (Wildman–Crippen MR) is 88.8 cm³/mol. The van der Waals surface area contributed by atoms with E-state index in [1.54, 1.807) is 0 Å². The van der Waals surface area contributed by atoms with Crippen LogP contribution in [0.3, 0.4) is 0 Å². The van der Waals surface area contributed by atoms with Gasteiger partial charge in [0.25, 0.3) is 0 Å². The minimum absolute atomic E-state index is 0.561. The van der Waals surface area contributed by atoms with Crippen LogP contribution in [0.4, 0.5) is 0 Å². The second-order valence-electron chi connectivity index (χ2n) is 5.77. The maximum Gasteiger partial charge on any atom is 0.107 e. The van der Waals surface area contributed by atoms with Crippen LogP contribution in [0.5, 0.6) is 0 Å². The van der Waals surface area contributed by atoms with Crippen molar-refractivity contribution in [3.8, 4) is 0 Å². The van der Waals surface area contributed by atoms with E-state index >= 15 is 0 Å². The molecule has 1 saturated heterocycles. The highest BCUT2D eigenvalue weighted by atomic mass is 32.1. The fourth-order valence-corrected chi connectivity index (χ4v) is 3.84. The van der Waals surface area contributed by atoms with Gasteiger partial charge in [0.2, 0.25) is 0 Å². The Morgan fingerprint density at radius 2 is 2.10 bits per heavy atom. The van der Waals surface area contributed by atoms with Crippen molar-refractivity contribution in [2.45, 2.75) is 32.9 Å². The van der Waals surface area contributed by atoms with Crippen LogP contribution in [-0.4, -0.2) is 35.6 Å². The lowest BCUT2D eigenvalue weighted by molar-refractivity contribution is 0.152. The van der Waals surface area contributed by atoms with Crippen LogP contribution in [0, 0.1) is 13.8 Å². The zero-order valence-corrected chi connectivity index (χ0v) is 13.6. The summed E-state index contributed by atoms with van der Waals surface area (Å²) in [6.07, 6.45) is 1.11. The number of aryl methyl sites for hydroxylation is 2. The number of rotatable bonds is 4. The van der Waals surface area contributed by atoms with Crippen LogP contribution in [0.2, 0.25) is 0 Å². The highest BCUT2D eigenvalue weighted by Gasteiger charge is 2.23. The predicted octanol–water partition coefficient (Wildman–Crippen LogP) is 2.78. The number of nitrogens with zero attached hydrogens (tertiary/aromatic N) is 2. The molecular weight excluding hydrogens is 278 g/mol. The third-order valence-corrected chi connectivity index (χ3v) is 5.26. The van der Waals surface area contributed by atoms with E-state index in [2.05, 4.69) is 54.4 Å². The maximum absolute atomic E-state index is 4.70. The largest absolute Gasteiger partial charge is 0.314 e. The summed E-state index contributed by atoms with van der Waals surface area (Å²) < 4.78 is 0. The molecule has 1 unspecified atom stereocenters. The van der Waals surface area contributed by atoms with Crippen LogP contribution < -0.4 is 5.32 Å². The number of piperazine rings is 1. The van der Waals surface area contributed by atoms with E-state index in [0.717, 1.165) is 32.6 Å². The molecule has 2 aromatic rings. The lowest BCUT2D eigenvalue weighted by Gasteiger charge is -2.35.